The number of methoxy groups -OCH3 is 1. The van der Waals surface area contributed by atoms with Gasteiger partial charge in [0.1, 0.15) is 16.6 Å². The lowest BCUT2D eigenvalue weighted by atomic mass is 10.3. The molecule has 16 heavy (non-hydrogen) atoms. The first-order valence-electron chi connectivity index (χ1n) is 4.82. The number of nitrogen functional groups attached to an aromatic ring is 1. The maximum atomic E-state index is 5.61. The average molecular weight is 232 g/mol. The predicted octanol–water partition coefficient (Wildman–Crippen LogP) is 2.82. The Bertz CT molecular complexity index is 471. The molecule has 0 radical (unpaired) electrons. The van der Waals surface area contributed by atoms with E-state index in [0.717, 1.165) is 15.7 Å². The van der Waals surface area contributed by atoms with Gasteiger partial charge in [0.2, 0.25) is 0 Å². The summed E-state index contributed by atoms with van der Waals surface area (Å²) in [6.45, 7) is 0. The third kappa shape index (κ3) is 2.67. The Morgan fingerprint density at radius 3 is 2.50 bits per heavy atom. The molecule has 2 rings (SSSR count). The molecule has 0 amide bonds. The molecule has 2 aromatic rings. The number of nitrogens with zero attached hydrogens (tertiary/aromatic N) is 1. The standard InChI is InChI=1S/C12H12N2OS/c1-15-9-5-7-10(8-6-9)16-12-4-2-3-11(13)14-12/h2-8H,1H3,(H2,13,14). The van der Waals surface area contributed by atoms with E-state index >= 15 is 0 Å². The van der Waals surface area contributed by atoms with Crippen molar-refractivity contribution in [2.24, 2.45) is 0 Å². The van der Waals surface area contributed by atoms with E-state index in [1.165, 1.54) is 0 Å². The lowest BCUT2D eigenvalue weighted by Crippen LogP contribution is -1.89. The molecule has 0 aliphatic heterocycles. The second-order valence-corrected chi connectivity index (χ2v) is 4.27. The monoisotopic (exact) mass is 232 g/mol. The van der Waals surface area contributed by atoms with Crippen LogP contribution in [0.4, 0.5) is 5.82 Å². The van der Waals surface area contributed by atoms with Gasteiger partial charge in [0.25, 0.3) is 0 Å². The van der Waals surface area contributed by atoms with E-state index in [4.69, 9.17) is 10.5 Å². The van der Waals surface area contributed by atoms with Gasteiger partial charge in [-0.3, -0.25) is 0 Å². The summed E-state index contributed by atoms with van der Waals surface area (Å²) >= 11 is 1.57. The van der Waals surface area contributed by atoms with Crippen molar-refractivity contribution in [3.8, 4) is 5.75 Å². The Hall–Kier alpha value is -1.68. The summed E-state index contributed by atoms with van der Waals surface area (Å²) in [5.41, 5.74) is 5.61. The highest BCUT2D eigenvalue weighted by molar-refractivity contribution is 7.99. The Morgan fingerprint density at radius 1 is 1.12 bits per heavy atom. The fourth-order valence-electron chi connectivity index (χ4n) is 1.25. The summed E-state index contributed by atoms with van der Waals surface area (Å²) in [4.78, 5) is 5.33. The summed E-state index contributed by atoms with van der Waals surface area (Å²) in [7, 11) is 1.65. The van der Waals surface area contributed by atoms with Crippen molar-refractivity contribution in [1.82, 2.24) is 4.98 Å². The van der Waals surface area contributed by atoms with Crippen LogP contribution in [-0.4, -0.2) is 12.1 Å². The van der Waals surface area contributed by atoms with Crippen molar-refractivity contribution >= 4 is 17.6 Å². The number of hydrogen-bond acceptors (Lipinski definition) is 4. The summed E-state index contributed by atoms with van der Waals surface area (Å²) in [6.07, 6.45) is 0. The minimum absolute atomic E-state index is 0.540. The lowest BCUT2D eigenvalue weighted by Gasteiger charge is -2.03. The lowest BCUT2D eigenvalue weighted by molar-refractivity contribution is 0.414. The van der Waals surface area contributed by atoms with Gasteiger partial charge in [-0.2, -0.15) is 0 Å². The van der Waals surface area contributed by atoms with Crippen LogP contribution in [0.25, 0.3) is 0 Å². The number of nitrogens with two attached hydrogens (primary N) is 1. The van der Waals surface area contributed by atoms with Gasteiger partial charge in [0.15, 0.2) is 0 Å². The Morgan fingerprint density at radius 2 is 1.88 bits per heavy atom. The Labute approximate surface area is 98.6 Å². The van der Waals surface area contributed by atoms with Gasteiger partial charge < -0.3 is 10.5 Å². The van der Waals surface area contributed by atoms with Crippen LogP contribution in [0.15, 0.2) is 52.4 Å². The minimum atomic E-state index is 0.540. The Kier molecular flexibility index (Phi) is 3.31. The maximum Gasteiger partial charge on any atom is 0.124 e. The number of pyridine rings is 1. The van der Waals surface area contributed by atoms with Crippen LogP contribution in [0.5, 0.6) is 5.75 Å². The smallest absolute Gasteiger partial charge is 0.124 e. The molecule has 1 aromatic carbocycles. The molecule has 1 aromatic heterocycles. The van der Waals surface area contributed by atoms with Crippen molar-refractivity contribution in [3.63, 3.8) is 0 Å². The van der Waals surface area contributed by atoms with Crippen LogP contribution in [0.2, 0.25) is 0 Å². The number of aromatic nitrogens is 1. The maximum absolute atomic E-state index is 5.61. The zero-order valence-corrected chi connectivity index (χ0v) is 9.70. The van der Waals surface area contributed by atoms with Crippen LogP contribution in [0.3, 0.4) is 0 Å². The van der Waals surface area contributed by atoms with E-state index in [0.29, 0.717) is 5.82 Å². The van der Waals surface area contributed by atoms with Crippen molar-refractivity contribution in [2.45, 2.75) is 9.92 Å². The molecule has 3 nitrogen and oxygen atoms in total. The van der Waals surface area contributed by atoms with E-state index in [2.05, 4.69) is 4.98 Å². The molecule has 0 atom stereocenters. The van der Waals surface area contributed by atoms with Crippen molar-refractivity contribution in [2.75, 3.05) is 12.8 Å². The van der Waals surface area contributed by atoms with Gasteiger partial charge >= 0.3 is 0 Å². The van der Waals surface area contributed by atoms with Gasteiger partial charge in [0.05, 0.1) is 7.11 Å². The van der Waals surface area contributed by atoms with Crippen LogP contribution < -0.4 is 10.5 Å². The molecule has 0 saturated carbocycles. The van der Waals surface area contributed by atoms with Crippen LogP contribution in [0.1, 0.15) is 0 Å². The highest BCUT2D eigenvalue weighted by Crippen LogP contribution is 2.27. The predicted molar refractivity (Wildman–Crippen MR) is 65.8 cm³/mol. The molecular weight excluding hydrogens is 220 g/mol. The molecule has 0 saturated heterocycles. The fourth-order valence-corrected chi connectivity index (χ4v) is 2.06. The molecule has 0 spiro atoms. The summed E-state index contributed by atoms with van der Waals surface area (Å²) in [6, 6.07) is 13.4. The summed E-state index contributed by atoms with van der Waals surface area (Å²) in [5, 5.41) is 0.894. The average Bonchev–Trinajstić information content (AvgIpc) is 2.30. The number of anilines is 1. The van der Waals surface area contributed by atoms with Crippen LogP contribution >= 0.6 is 11.8 Å². The van der Waals surface area contributed by atoms with E-state index in [1.807, 2.05) is 36.4 Å². The van der Waals surface area contributed by atoms with E-state index in [9.17, 15) is 0 Å². The topological polar surface area (TPSA) is 48.1 Å². The molecular formula is C12H12N2OS. The van der Waals surface area contributed by atoms with Crippen molar-refractivity contribution < 1.29 is 4.74 Å². The highest BCUT2D eigenvalue weighted by atomic mass is 32.2. The highest BCUT2D eigenvalue weighted by Gasteiger charge is 1.99. The number of benzene rings is 1. The largest absolute Gasteiger partial charge is 0.497 e. The second-order valence-electron chi connectivity index (χ2n) is 3.18. The normalized spacial score (nSPS) is 10.1. The molecule has 0 unspecified atom stereocenters. The number of rotatable bonds is 3. The van der Waals surface area contributed by atoms with E-state index < -0.39 is 0 Å². The van der Waals surface area contributed by atoms with Crippen LogP contribution in [-0.2, 0) is 0 Å². The van der Waals surface area contributed by atoms with E-state index in [1.54, 1.807) is 24.9 Å². The first-order valence-corrected chi connectivity index (χ1v) is 5.64. The quantitative estimate of drug-likeness (QED) is 0.884. The third-order valence-corrected chi connectivity index (χ3v) is 2.97. The SMILES string of the molecule is COc1ccc(Sc2cccc(N)n2)cc1. The third-order valence-electron chi connectivity index (χ3n) is 2.03. The van der Waals surface area contributed by atoms with Gasteiger partial charge in [0, 0.05) is 4.90 Å². The first-order chi connectivity index (χ1) is 7.78. The van der Waals surface area contributed by atoms with Gasteiger partial charge in [-0.1, -0.05) is 17.8 Å². The molecule has 1 heterocycles. The Balaban J connectivity index is 2.14. The molecule has 4 heteroatoms. The summed E-state index contributed by atoms with van der Waals surface area (Å²) < 4.78 is 5.09. The molecule has 0 bridgehead atoms. The minimum Gasteiger partial charge on any atom is -0.497 e. The summed E-state index contributed by atoms with van der Waals surface area (Å²) in [5.74, 6) is 1.39. The van der Waals surface area contributed by atoms with Gasteiger partial charge in [-0.15, -0.1) is 0 Å². The zero-order valence-electron chi connectivity index (χ0n) is 8.88. The fraction of sp³-hybridized carbons (Fsp3) is 0.0833. The van der Waals surface area contributed by atoms with Gasteiger partial charge in [-0.05, 0) is 36.4 Å². The zero-order chi connectivity index (χ0) is 11.4. The van der Waals surface area contributed by atoms with Crippen molar-refractivity contribution in [3.05, 3.63) is 42.5 Å². The van der Waals surface area contributed by atoms with Crippen LogP contribution in [0, 0.1) is 0 Å². The molecule has 82 valence electrons. The molecule has 2 N–H and O–H groups in total. The molecule has 0 aliphatic rings. The number of ether oxygens (including phenoxy) is 1. The number of hydrogen-bond donors (Lipinski definition) is 1. The van der Waals surface area contributed by atoms with Gasteiger partial charge in [-0.25, -0.2) is 4.98 Å². The molecule has 0 aliphatic carbocycles. The van der Waals surface area contributed by atoms with E-state index in [-0.39, 0.29) is 0 Å². The van der Waals surface area contributed by atoms with Crippen molar-refractivity contribution in [1.29, 1.82) is 0 Å². The second kappa shape index (κ2) is 4.90. The first kappa shape index (κ1) is 10.8. The molecule has 0 fully saturated rings.